The Morgan fingerprint density at radius 2 is 2.25 bits per heavy atom. The van der Waals surface area contributed by atoms with Gasteiger partial charge in [-0.1, -0.05) is 11.8 Å². The van der Waals surface area contributed by atoms with Crippen LogP contribution in [0, 0.1) is 0 Å². The molecule has 0 fully saturated rings. The molecule has 0 aliphatic carbocycles. The van der Waals surface area contributed by atoms with Crippen molar-refractivity contribution >= 4 is 11.8 Å². The third kappa shape index (κ3) is 4.25. The van der Waals surface area contributed by atoms with Crippen molar-refractivity contribution in [1.29, 1.82) is 0 Å². The first-order valence-corrected chi connectivity index (χ1v) is 7.21. The van der Waals surface area contributed by atoms with Crippen LogP contribution in [0.25, 0.3) is 0 Å². The fraction of sp³-hybridized carbons (Fsp3) is 0.700. The number of ether oxygens (including phenoxy) is 1. The molecule has 0 saturated carbocycles. The number of tetrazole rings is 1. The summed E-state index contributed by atoms with van der Waals surface area (Å²) in [7, 11) is 3.60. The summed E-state index contributed by atoms with van der Waals surface area (Å²) < 4.78 is 8.63. The quantitative estimate of drug-likeness (QED) is 0.481. The zero-order valence-corrected chi connectivity index (χ0v) is 12.4. The Balaban J connectivity index is 1.78. The summed E-state index contributed by atoms with van der Waals surface area (Å²) in [5, 5.41) is 23.6. The summed E-state index contributed by atoms with van der Waals surface area (Å²) >= 11 is 1.54. The summed E-state index contributed by atoms with van der Waals surface area (Å²) in [6.45, 7) is 3.03. The summed E-state index contributed by atoms with van der Waals surface area (Å²) in [4.78, 5) is 0. The van der Waals surface area contributed by atoms with Crippen molar-refractivity contribution in [3.63, 3.8) is 0 Å². The second-order valence-corrected chi connectivity index (χ2v) is 5.02. The van der Waals surface area contributed by atoms with Crippen molar-refractivity contribution in [3.8, 4) is 0 Å². The van der Waals surface area contributed by atoms with Gasteiger partial charge in [0.15, 0.2) is 0 Å². The molecule has 20 heavy (non-hydrogen) atoms. The number of nitrogens with one attached hydrogen (secondary N) is 1. The first kappa shape index (κ1) is 14.9. The number of aromatic nitrogens is 7. The highest BCUT2D eigenvalue weighted by atomic mass is 32.2. The molecule has 0 unspecified atom stereocenters. The van der Waals surface area contributed by atoms with Gasteiger partial charge in [0, 0.05) is 27.2 Å². The minimum atomic E-state index is 0.688. The predicted octanol–water partition coefficient (Wildman–Crippen LogP) is -0.670. The van der Waals surface area contributed by atoms with E-state index in [-0.39, 0.29) is 0 Å². The van der Waals surface area contributed by atoms with Gasteiger partial charge in [0.2, 0.25) is 5.16 Å². The minimum Gasteiger partial charge on any atom is -0.383 e. The fourth-order valence-electron chi connectivity index (χ4n) is 1.49. The third-order valence-corrected chi connectivity index (χ3v) is 3.57. The van der Waals surface area contributed by atoms with Gasteiger partial charge < -0.3 is 14.6 Å². The topological polar surface area (TPSA) is 95.6 Å². The van der Waals surface area contributed by atoms with Crippen LogP contribution < -0.4 is 5.32 Å². The van der Waals surface area contributed by atoms with Crippen LogP contribution in [0.5, 0.6) is 0 Å². The Hall–Kier alpha value is -1.52. The van der Waals surface area contributed by atoms with Gasteiger partial charge in [0.05, 0.1) is 18.9 Å². The highest BCUT2D eigenvalue weighted by Crippen LogP contribution is 2.17. The van der Waals surface area contributed by atoms with Gasteiger partial charge in [0.1, 0.15) is 12.2 Å². The number of rotatable bonds is 9. The molecular formula is C10H18N8OS. The highest BCUT2D eigenvalue weighted by Gasteiger charge is 2.09. The molecule has 0 spiro atoms. The first-order valence-electron chi connectivity index (χ1n) is 6.22. The summed E-state index contributed by atoms with van der Waals surface area (Å²) in [5.74, 6) is 1.58. The van der Waals surface area contributed by atoms with Gasteiger partial charge in [-0.05, 0) is 10.4 Å². The Morgan fingerprint density at radius 1 is 1.35 bits per heavy atom. The average molecular weight is 298 g/mol. The van der Waals surface area contributed by atoms with Crippen LogP contribution in [0.3, 0.4) is 0 Å². The molecule has 10 heteroatoms. The van der Waals surface area contributed by atoms with Crippen LogP contribution in [0.2, 0.25) is 0 Å². The molecule has 0 aliphatic rings. The molecule has 0 amide bonds. The van der Waals surface area contributed by atoms with Crippen LogP contribution in [-0.4, -0.2) is 61.8 Å². The monoisotopic (exact) mass is 298 g/mol. The Labute approximate surface area is 121 Å². The van der Waals surface area contributed by atoms with Gasteiger partial charge in [-0.15, -0.1) is 15.3 Å². The van der Waals surface area contributed by atoms with Gasteiger partial charge in [0.25, 0.3) is 0 Å². The van der Waals surface area contributed by atoms with Crippen LogP contribution >= 0.6 is 11.8 Å². The lowest BCUT2D eigenvalue weighted by Crippen LogP contribution is -2.24. The maximum Gasteiger partial charge on any atom is 0.209 e. The number of methoxy groups -OCH3 is 1. The first-order chi connectivity index (χ1) is 9.81. The van der Waals surface area contributed by atoms with Crippen LogP contribution in [0.15, 0.2) is 11.5 Å². The van der Waals surface area contributed by atoms with E-state index in [1.54, 1.807) is 29.9 Å². The van der Waals surface area contributed by atoms with E-state index < -0.39 is 0 Å². The van der Waals surface area contributed by atoms with E-state index in [4.69, 9.17) is 4.74 Å². The maximum atomic E-state index is 4.97. The second kappa shape index (κ2) is 7.92. The summed E-state index contributed by atoms with van der Waals surface area (Å²) in [5.41, 5.74) is 0. The molecule has 0 aliphatic heterocycles. The lowest BCUT2D eigenvalue weighted by molar-refractivity contribution is 0.199. The number of aryl methyl sites for hydroxylation is 1. The van der Waals surface area contributed by atoms with E-state index in [2.05, 4.69) is 31.0 Å². The van der Waals surface area contributed by atoms with E-state index in [0.717, 1.165) is 30.6 Å². The number of thioether (sulfide) groups is 1. The Bertz CT molecular complexity index is 513. The molecule has 2 aromatic rings. The third-order valence-electron chi connectivity index (χ3n) is 2.62. The average Bonchev–Trinajstić information content (AvgIpc) is 3.05. The van der Waals surface area contributed by atoms with Crippen molar-refractivity contribution in [2.24, 2.45) is 7.05 Å². The lowest BCUT2D eigenvalue weighted by atomic mass is 10.6. The van der Waals surface area contributed by atoms with Crippen LogP contribution in [-0.2, 0) is 24.1 Å². The number of hydrogen-bond acceptors (Lipinski definition) is 8. The van der Waals surface area contributed by atoms with Crippen molar-refractivity contribution in [2.45, 2.75) is 17.5 Å². The fourth-order valence-corrected chi connectivity index (χ4v) is 2.38. The molecule has 9 nitrogen and oxygen atoms in total. The molecule has 0 radical (unpaired) electrons. The minimum absolute atomic E-state index is 0.688. The number of nitrogens with zero attached hydrogens (tertiary/aromatic N) is 7. The number of hydrogen-bond donors (Lipinski definition) is 1. The largest absolute Gasteiger partial charge is 0.383 e. The Morgan fingerprint density at radius 3 is 3.00 bits per heavy atom. The molecule has 1 N–H and O–H groups in total. The Kier molecular flexibility index (Phi) is 5.89. The molecule has 0 aromatic carbocycles. The molecule has 2 rings (SSSR count). The second-order valence-electron chi connectivity index (χ2n) is 4.07. The maximum absolute atomic E-state index is 4.97. The lowest BCUT2D eigenvalue weighted by Gasteiger charge is -2.05. The molecule has 0 atom stereocenters. The van der Waals surface area contributed by atoms with E-state index in [0.29, 0.717) is 12.4 Å². The molecule has 0 saturated heterocycles. The van der Waals surface area contributed by atoms with Gasteiger partial charge >= 0.3 is 0 Å². The molecule has 2 aromatic heterocycles. The SMILES string of the molecule is COCCNCCn1nnnc1SCc1nncn1C. The van der Waals surface area contributed by atoms with Gasteiger partial charge in [-0.3, -0.25) is 0 Å². The van der Waals surface area contributed by atoms with E-state index in [1.807, 2.05) is 11.6 Å². The van der Waals surface area contributed by atoms with Crippen molar-refractivity contribution in [2.75, 3.05) is 26.8 Å². The smallest absolute Gasteiger partial charge is 0.209 e. The van der Waals surface area contributed by atoms with Crippen molar-refractivity contribution in [3.05, 3.63) is 12.2 Å². The molecule has 0 bridgehead atoms. The highest BCUT2D eigenvalue weighted by molar-refractivity contribution is 7.98. The van der Waals surface area contributed by atoms with Crippen molar-refractivity contribution < 1.29 is 4.74 Å². The van der Waals surface area contributed by atoms with E-state index in [9.17, 15) is 0 Å². The summed E-state index contributed by atoms with van der Waals surface area (Å²) in [6, 6.07) is 0. The predicted molar refractivity (Wildman–Crippen MR) is 73.1 cm³/mol. The van der Waals surface area contributed by atoms with Crippen LogP contribution in [0.4, 0.5) is 0 Å². The van der Waals surface area contributed by atoms with Gasteiger partial charge in [-0.2, -0.15) is 0 Å². The van der Waals surface area contributed by atoms with E-state index in [1.165, 1.54) is 0 Å². The summed E-state index contributed by atoms with van der Waals surface area (Å²) in [6.07, 6.45) is 1.68. The van der Waals surface area contributed by atoms with Crippen LogP contribution in [0.1, 0.15) is 5.82 Å². The van der Waals surface area contributed by atoms with E-state index >= 15 is 0 Å². The molecule has 2 heterocycles. The standard InChI is InChI=1S/C10H18N8OS/c1-17-8-12-13-9(17)7-20-10-14-15-16-18(10)5-3-11-4-6-19-2/h8,11H,3-7H2,1-2H3. The van der Waals surface area contributed by atoms with Crippen molar-refractivity contribution in [1.82, 2.24) is 40.3 Å². The zero-order valence-electron chi connectivity index (χ0n) is 11.6. The zero-order chi connectivity index (χ0) is 14.2. The van der Waals surface area contributed by atoms with Gasteiger partial charge in [-0.25, -0.2) is 4.68 Å². The normalized spacial score (nSPS) is 11.1. The molecule has 110 valence electrons. The molecular weight excluding hydrogens is 280 g/mol.